The van der Waals surface area contributed by atoms with E-state index in [0.717, 1.165) is 12.8 Å². The molecule has 0 unspecified atom stereocenters. The number of hydroxylamine groups is 1. The zero-order valence-corrected chi connectivity index (χ0v) is 50.7. The number of hydrogen-bond donors (Lipinski definition) is 6. The Labute approximate surface area is 476 Å². The van der Waals surface area contributed by atoms with E-state index in [-0.39, 0.29) is 91.6 Å². The number of anilines is 1. The van der Waals surface area contributed by atoms with Gasteiger partial charge in [0, 0.05) is 78.2 Å². The first-order chi connectivity index (χ1) is 37.8. The van der Waals surface area contributed by atoms with Gasteiger partial charge in [0.05, 0.1) is 49.3 Å². The summed E-state index contributed by atoms with van der Waals surface area (Å²) >= 11 is 0. The molecule has 10 atom stereocenters. The van der Waals surface area contributed by atoms with Crippen molar-refractivity contribution in [3.05, 3.63) is 42.0 Å². The van der Waals surface area contributed by atoms with E-state index in [1.165, 1.54) is 13.2 Å². The standard InChI is InChI=1S/C59H99N9O12/c1-16-39(8)54(66(13)59(77)52(37(4)5)63-58(76)53(38(6)7)65(11)12)47(78-14)33-51(73)68-29-17-18-46(68)55(79-15)40(9)56(74)62-45(32-36(2)3)23-24-49(71)64-80-35-43-19-21-44(22-20-43)61-57(75)41(10)60-48(70)25-26-50(72)67-30-27-42(34-69)28-31-67/h19-24,36-42,45-47,52-55,69H,16-18,25-35H2,1-15H3,(H,60,70)(H,61,75)(H,62,74)(H,63,76)(H,64,71)/b24-23+/t39-,40+,41+,45+,46-,47+,52-,53-,54-,55+/m0/s1. The fourth-order valence-electron chi connectivity index (χ4n) is 10.9. The number of nitrogens with zero attached hydrogens (tertiary/aromatic N) is 4. The molecule has 0 aromatic heterocycles. The predicted octanol–water partition coefficient (Wildman–Crippen LogP) is 4.42. The lowest BCUT2D eigenvalue weighted by Gasteiger charge is -2.41. The van der Waals surface area contributed by atoms with Gasteiger partial charge in [0.1, 0.15) is 12.1 Å². The molecule has 1 aromatic rings. The number of rotatable bonds is 32. The summed E-state index contributed by atoms with van der Waals surface area (Å²) in [7, 11) is 8.49. The topological polar surface area (TPSA) is 258 Å². The summed E-state index contributed by atoms with van der Waals surface area (Å²) in [5.41, 5.74) is 3.58. The molecule has 2 saturated heterocycles. The molecule has 0 spiro atoms. The van der Waals surface area contributed by atoms with E-state index in [1.54, 1.807) is 73.0 Å². The summed E-state index contributed by atoms with van der Waals surface area (Å²) in [4.78, 5) is 120. The Bertz CT molecular complexity index is 2180. The number of carbonyl (C=O) groups is 8. The third-order valence-corrected chi connectivity index (χ3v) is 15.7. The number of likely N-dealkylation sites (tertiary alicyclic amines) is 2. The smallest absolute Gasteiger partial charge is 0.267 e. The van der Waals surface area contributed by atoms with Crippen LogP contribution in [0.4, 0.5) is 5.69 Å². The van der Waals surface area contributed by atoms with Gasteiger partial charge in [-0.2, -0.15) is 0 Å². The molecule has 0 aliphatic carbocycles. The molecule has 21 heteroatoms. The van der Waals surface area contributed by atoms with Crippen molar-refractivity contribution in [3.63, 3.8) is 0 Å². The van der Waals surface area contributed by atoms with E-state index in [0.29, 0.717) is 56.6 Å². The molecule has 21 nitrogen and oxygen atoms in total. The molecular weight excluding hydrogens is 1030 g/mol. The van der Waals surface area contributed by atoms with Gasteiger partial charge in [-0.1, -0.05) is 86.9 Å². The third kappa shape index (κ3) is 21.1. The van der Waals surface area contributed by atoms with Crippen LogP contribution < -0.4 is 26.7 Å². The number of aliphatic hydroxyl groups is 1. The normalized spacial score (nSPS) is 18.5. The highest BCUT2D eigenvalue weighted by Crippen LogP contribution is 2.30. The summed E-state index contributed by atoms with van der Waals surface area (Å²) in [6.07, 6.45) is 5.59. The zero-order valence-electron chi connectivity index (χ0n) is 50.7. The SMILES string of the molecule is CC[C@H](C)[C@@H]([C@@H](CC(=O)N1CCC[C@H]1[C@H](OC)[C@@H](C)C(=O)N[C@H](/C=C/C(=O)NOCc1ccc(NC(=O)[C@@H](C)NC(=O)CCC(=O)N2CCC(CO)CC2)cc1)CC(C)C)OC)N(C)C(=O)[C@@H](NC(=O)[C@H](C(C)C)N(C)C)C(C)C. The van der Waals surface area contributed by atoms with Gasteiger partial charge in [0.15, 0.2) is 0 Å². The molecule has 6 N–H and O–H groups in total. The van der Waals surface area contributed by atoms with Crippen LogP contribution in [0, 0.1) is 35.5 Å². The van der Waals surface area contributed by atoms with Crippen LogP contribution in [0.1, 0.15) is 133 Å². The van der Waals surface area contributed by atoms with Crippen LogP contribution in [0.5, 0.6) is 0 Å². The molecule has 2 fully saturated rings. The minimum atomic E-state index is -0.854. The number of methoxy groups -OCH3 is 2. The number of piperidine rings is 1. The van der Waals surface area contributed by atoms with Crippen molar-refractivity contribution in [1.82, 2.24) is 41.0 Å². The fraction of sp³-hybridized carbons (Fsp3) is 0.729. The zero-order chi connectivity index (χ0) is 60.0. The van der Waals surface area contributed by atoms with Gasteiger partial charge in [-0.25, -0.2) is 5.48 Å². The number of ether oxygens (including phenoxy) is 2. The molecule has 452 valence electrons. The second-order valence-electron chi connectivity index (χ2n) is 23.3. The van der Waals surface area contributed by atoms with Gasteiger partial charge < -0.3 is 50.5 Å². The molecular formula is C59H99N9O12. The van der Waals surface area contributed by atoms with Crippen LogP contribution >= 0.6 is 0 Å². The highest BCUT2D eigenvalue weighted by molar-refractivity contribution is 5.97. The first-order valence-corrected chi connectivity index (χ1v) is 28.8. The van der Waals surface area contributed by atoms with Crippen LogP contribution in [0.25, 0.3) is 0 Å². The Hall–Kier alpha value is -5.48. The van der Waals surface area contributed by atoms with Crippen LogP contribution in [0.3, 0.4) is 0 Å². The Morgan fingerprint density at radius 3 is 1.98 bits per heavy atom. The molecule has 80 heavy (non-hydrogen) atoms. The molecule has 3 rings (SSSR count). The van der Waals surface area contributed by atoms with Crippen molar-refractivity contribution in [1.29, 1.82) is 0 Å². The highest BCUT2D eigenvalue weighted by atomic mass is 16.6. The number of likely N-dealkylation sites (N-methyl/N-ethyl adjacent to an activating group) is 2. The largest absolute Gasteiger partial charge is 0.396 e. The predicted molar refractivity (Wildman–Crippen MR) is 307 cm³/mol. The molecule has 8 amide bonds. The van der Waals surface area contributed by atoms with Crippen LogP contribution in [0.15, 0.2) is 36.4 Å². The number of benzene rings is 1. The molecule has 2 aliphatic rings. The minimum Gasteiger partial charge on any atom is -0.396 e. The van der Waals surface area contributed by atoms with E-state index < -0.39 is 72.1 Å². The van der Waals surface area contributed by atoms with Gasteiger partial charge in [0.25, 0.3) is 5.91 Å². The van der Waals surface area contributed by atoms with Crippen molar-refractivity contribution >= 4 is 52.9 Å². The van der Waals surface area contributed by atoms with E-state index in [1.807, 2.05) is 74.4 Å². The Morgan fingerprint density at radius 1 is 0.775 bits per heavy atom. The van der Waals surface area contributed by atoms with Crippen molar-refractivity contribution in [2.75, 3.05) is 66.9 Å². The maximum Gasteiger partial charge on any atom is 0.267 e. The molecule has 0 radical (unpaired) electrons. The lowest BCUT2D eigenvalue weighted by Crippen LogP contribution is -2.59. The summed E-state index contributed by atoms with van der Waals surface area (Å²) in [5, 5.41) is 20.9. The Morgan fingerprint density at radius 2 is 1.43 bits per heavy atom. The first-order valence-electron chi connectivity index (χ1n) is 28.8. The lowest BCUT2D eigenvalue weighted by molar-refractivity contribution is -0.148. The first kappa shape index (κ1) is 68.8. The Kier molecular flexibility index (Phi) is 29.3. The van der Waals surface area contributed by atoms with Crippen molar-refractivity contribution in [3.8, 4) is 0 Å². The molecule has 0 saturated carbocycles. The molecule has 0 bridgehead atoms. The Balaban J connectivity index is 1.57. The van der Waals surface area contributed by atoms with Crippen LogP contribution in [-0.2, 0) is 59.3 Å². The summed E-state index contributed by atoms with van der Waals surface area (Å²) in [5.74, 6) is -3.08. The molecule has 2 heterocycles. The van der Waals surface area contributed by atoms with Crippen LogP contribution in [0.2, 0.25) is 0 Å². The second kappa shape index (κ2) is 34.1. The fourth-order valence-corrected chi connectivity index (χ4v) is 10.9. The van der Waals surface area contributed by atoms with Crippen molar-refractivity contribution < 1.29 is 57.8 Å². The summed E-state index contributed by atoms with van der Waals surface area (Å²) in [6.45, 7) is 20.8. The average molecular weight is 1130 g/mol. The maximum atomic E-state index is 14.4. The minimum absolute atomic E-state index is 0.0125. The van der Waals surface area contributed by atoms with Gasteiger partial charge in [-0.05, 0) is 100 Å². The summed E-state index contributed by atoms with van der Waals surface area (Å²) < 4.78 is 12.1. The second-order valence-corrected chi connectivity index (χ2v) is 23.3. The molecule has 1 aromatic carbocycles. The van der Waals surface area contributed by atoms with Crippen LogP contribution in [-0.4, -0.2) is 182 Å². The third-order valence-electron chi connectivity index (χ3n) is 15.7. The van der Waals surface area contributed by atoms with Crippen molar-refractivity contribution in [2.24, 2.45) is 35.5 Å². The molecule has 2 aliphatic heterocycles. The lowest BCUT2D eigenvalue weighted by atomic mass is 9.89. The van der Waals surface area contributed by atoms with E-state index >= 15 is 0 Å². The number of aliphatic hydroxyl groups excluding tert-OH is 1. The monoisotopic (exact) mass is 1130 g/mol. The highest BCUT2D eigenvalue weighted by Gasteiger charge is 2.43. The van der Waals surface area contributed by atoms with Gasteiger partial charge in [-0.15, -0.1) is 0 Å². The van der Waals surface area contributed by atoms with E-state index in [2.05, 4.69) is 26.7 Å². The average Bonchev–Trinajstić information content (AvgIpc) is 3.91. The number of nitrogens with one attached hydrogen (secondary N) is 5. The quantitative estimate of drug-likeness (QED) is 0.0432. The van der Waals surface area contributed by atoms with E-state index in [9.17, 15) is 43.5 Å². The van der Waals surface area contributed by atoms with Gasteiger partial charge >= 0.3 is 0 Å². The van der Waals surface area contributed by atoms with Gasteiger partial charge in [-0.3, -0.25) is 48.1 Å². The number of amides is 8. The van der Waals surface area contributed by atoms with Gasteiger partial charge in [0.2, 0.25) is 41.4 Å². The van der Waals surface area contributed by atoms with E-state index in [4.69, 9.17) is 14.3 Å². The summed E-state index contributed by atoms with van der Waals surface area (Å²) in [6, 6.07) is 3.24. The van der Waals surface area contributed by atoms with Crippen molar-refractivity contribution in [2.45, 2.75) is 182 Å². The number of carbonyl (C=O) groups excluding carboxylic acids is 8. The number of hydrogen-bond acceptors (Lipinski definition) is 13. The maximum absolute atomic E-state index is 14.4.